The molecule has 0 aromatic heterocycles. The van der Waals surface area contributed by atoms with Gasteiger partial charge in [0.2, 0.25) is 0 Å². The van der Waals surface area contributed by atoms with Gasteiger partial charge in [-0.25, -0.2) is 4.79 Å². The number of nitro benzene ring substituents is 1. The summed E-state index contributed by atoms with van der Waals surface area (Å²) >= 11 is 11.9. The quantitative estimate of drug-likeness (QED) is 0.115. The molecule has 0 N–H and O–H groups in total. The summed E-state index contributed by atoms with van der Waals surface area (Å²) in [5.41, 5.74) is -0.219. The van der Waals surface area contributed by atoms with Gasteiger partial charge in [0.15, 0.2) is 0 Å². The first-order valence-corrected chi connectivity index (χ1v) is 11.1. The summed E-state index contributed by atoms with van der Waals surface area (Å²) in [5, 5.41) is 16.5. The highest BCUT2D eigenvalue weighted by molar-refractivity contribution is 6.36. The fraction of sp³-hybridized carbons (Fsp3) is 0.217. The molecule has 2 aromatic carbocycles. The molecule has 2 aliphatic carbocycles. The lowest BCUT2D eigenvalue weighted by molar-refractivity contribution is -0.384. The highest BCUT2D eigenvalue weighted by atomic mass is 35.5. The van der Waals surface area contributed by atoms with E-state index in [0.29, 0.717) is 5.02 Å². The molecule has 2 aromatic rings. The number of halogens is 2. The van der Waals surface area contributed by atoms with Crippen LogP contribution in [0.1, 0.15) is 22.3 Å². The van der Waals surface area contributed by atoms with Crippen LogP contribution in [0.4, 0.5) is 5.69 Å². The van der Waals surface area contributed by atoms with E-state index in [1.165, 1.54) is 24.3 Å². The number of amides is 2. The zero-order valence-corrected chi connectivity index (χ0v) is 18.8. The summed E-state index contributed by atoms with van der Waals surface area (Å²) in [7, 11) is 0. The second-order valence-corrected chi connectivity index (χ2v) is 9.07. The number of ether oxygens (including phenoxy) is 1. The number of fused-ring (bicyclic) bond motifs is 5. The van der Waals surface area contributed by atoms with Crippen molar-refractivity contribution in [1.29, 1.82) is 0 Å². The maximum atomic E-state index is 12.8. The minimum Gasteiger partial charge on any atom is -0.422 e. The van der Waals surface area contributed by atoms with Crippen molar-refractivity contribution in [3.05, 3.63) is 79.8 Å². The Morgan fingerprint density at radius 1 is 1.09 bits per heavy atom. The normalized spacial score (nSPS) is 24.8. The Balaban J connectivity index is 1.44. The number of rotatable bonds is 5. The van der Waals surface area contributed by atoms with Crippen LogP contribution in [0.5, 0.6) is 5.75 Å². The van der Waals surface area contributed by atoms with E-state index >= 15 is 0 Å². The molecule has 3 aliphatic rings. The molecule has 172 valence electrons. The second-order valence-electron chi connectivity index (χ2n) is 8.23. The number of hydrogen-bond acceptors (Lipinski definition) is 7. The first-order chi connectivity index (χ1) is 16.2. The van der Waals surface area contributed by atoms with Crippen LogP contribution in [-0.4, -0.2) is 33.9 Å². The number of esters is 1. The molecule has 4 atom stereocenters. The summed E-state index contributed by atoms with van der Waals surface area (Å²) in [6, 6.07) is 7.74. The maximum absolute atomic E-state index is 12.8. The molecule has 1 heterocycles. The van der Waals surface area contributed by atoms with Gasteiger partial charge in [-0.2, -0.15) is 10.1 Å². The Bertz CT molecular complexity index is 1290. The fourth-order valence-corrected chi connectivity index (χ4v) is 5.26. The van der Waals surface area contributed by atoms with Crippen molar-refractivity contribution in [3.8, 4) is 5.75 Å². The number of hydrogen-bond donors (Lipinski definition) is 0. The third kappa shape index (κ3) is 3.66. The Morgan fingerprint density at radius 3 is 2.38 bits per heavy atom. The number of nitro groups is 1. The van der Waals surface area contributed by atoms with Crippen molar-refractivity contribution >= 4 is 52.9 Å². The molecule has 0 radical (unpaired) electrons. The van der Waals surface area contributed by atoms with E-state index in [1.807, 2.05) is 12.2 Å². The van der Waals surface area contributed by atoms with Gasteiger partial charge in [-0.05, 0) is 42.5 Å². The lowest BCUT2D eigenvalue weighted by atomic mass is 9.85. The van der Waals surface area contributed by atoms with Gasteiger partial charge in [0.05, 0.1) is 33.6 Å². The highest BCUT2D eigenvalue weighted by Crippen LogP contribution is 2.52. The molecule has 0 spiro atoms. The number of imide groups is 1. The molecular formula is C23H15Cl2N3O6. The monoisotopic (exact) mass is 499 g/mol. The van der Waals surface area contributed by atoms with Gasteiger partial charge >= 0.3 is 5.97 Å². The van der Waals surface area contributed by atoms with Gasteiger partial charge in [-0.1, -0.05) is 35.4 Å². The van der Waals surface area contributed by atoms with Crippen molar-refractivity contribution in [1.82, 2.24) is 5.01 Å². The van der Waals surface area contributed by atoms with Gasteiger partial charge in [-0.3, -0.25) is 19.7 Å². The van der Waals surface area contributed by atoms with Crippen LogP contribution in [-0.2, 0) is 9.59 Å². The largest absolute Gasteiger partial charge is 0.422 e. The molecule has 4 unspecified atom stereocenters. The third-order valence-corrected chi connectivity index (χ3v) is 6.87. The average Bonchev–Trinajstić information content (AvgIpc) is 3.47. The standard InChI is InChI=1S/C23H15Cl2N3O6/c24-14-3-5-16(17(25)9-14)23(31)34-18-6-4-15(28(32)33)8-13(18)10-26-27-21(29)19-11-1-2-12(7-11)20(19)22(27)30/h1-6,8-12,19-20H,7H2. The van der Waals surface area contributed by atoms with Crippen LogP contribution in [0.15, 0.2) is 53.7 Å². The Hall–Kier alpha value is -3.56. The number of allylic oxidation sites excluding steroid dienone is 2. The average molecular weight is 500 g/mol. The second kappa shape index (κ2) is 8.34. The van der Waals surface area contributed by atoms with Crippen molar-refractivity contribution in [3.63, 3.8) is 0 Å². The van der Waals surface area contributed by atoms with E-state index in [9.17, 15) is 24.5 Å². The van der Waals surface area contributed by atoms with Crippen LogP contribution in [0.2, 0.25) is 10.0 Å². The molecule has 34 heavy (non-hydrogen) atoms. The topological polar surface area (TPSA) is 119 Å². The van der Waals surface area contributed by atoms with Crippen molar-refractivity contribution in [2.24, 2.45) is 28.8 Å². The predicted molar refractivity (Wildman–Crippen MR) is 122 cm³/mol. The molecule has 11 heteroatoms. The summed E-state index contributed by atoms with van der Waals surface area (Å²) in [5.74, 6) is -2.53. The fourth-order valence-electron chi connectivity index (χ4n) is 4.77. The molecule has 1 saturated heterocycles. The molecule has 5 rings (SSSR count). The Kier molecular flexibility index (Phi) is 5.45. The van der Waals surface area contributed by atoms with Crippen LogP contribution in [0.3, 0.4) is 0 Å². The Morgan fingerprint density at radius 2 is 1.76 bits per heavy atom. The van der Waals surface area contributed by atoms with Crippen LogP contribution >= 0.6 is 23.2 Å². The smallest absolute Gasteiger partial charge is 0.345 e. The number of carbonyl (C=O) groups excluding carboxylic acids is 3. The molecule has 2 amide bonds. The maximum Gasteiger partial charge on any atom is 0.345 e. The van der Waals surface area contributed by atoms with E-state index in [4.69, 9.17) is 27.9 Å². The van der Waals surface area contributed by atoms with Crippen molar-refractivity contribution in [2.45, 2.75) is 6.42 Å². The van der Waals surface area contributed by atoms with Gasteiger partial charge in [0, 0.05) is 22.7 Å². The summed E-state index contributed by atoms with van der Waals surface area (Å²) in [4.78, 5) is 48.9. The number of nitrogens with zero attached hydrogens (tertiary/aromatic N) is 3. The van der Waals surface area contributed by atoms with Gasteiger partial charge in [0.1, 0.15) is 5.75 Å². The minimum atomic E-state index is -0.823. The summed E-state index contributed by atoms with van der Waals surface area (Å²) < 4.78 is 5.40. The number of carbonyl (C=O) groups is 3. The van der Waals surface area contributed by atoms with E-state index in [1.54, 1.807) is 0 Å². The molecule has 1 saturated carbocycles. The lowest BCUT2D eigenvalue weighted by Gasteiger charge is -2.13. The predicted octanol–water partition coefficient (Wildman–Crippen LogP) is 4.26. The lowest BCUT2D eigenvalue weighted by Crippen LogP contribution is -2.28. The minimum absolute atomic E-state index is 0.0186. The van der Waals surface area contributed by atoms with Gasteiger partial charge in [0.25, 0.3) is 17.5 Å². The number of benzene rings is 2. The molecule has 2 bridgehead atoms. The van der Waals surface area contributed by atoms with E-state index in [0.717, 1.165) is 29.8 Å². The highest BCUT2D eigenvalue weighted by Gasteiger charge is 2.59. The number of non-ortho nitro benzene ring substituents is 1. The van der Waals surface area contributed by atoms with E-state index in [-0.39, 0.29) is 39.4 Å². The van der Waals surface area contributed by atoms with E-state index < -0.39 is 34.5 Å². The summed E-state index contributed by atoms with van der Waals surface area (Å²) in [6.07, 6.45) is 5.81. The first-order valence-electron chi connectivity index (χ1n) is 10.3. The summed E-state index contributed by atoms with van der Waals surface area (Å²) in [6.45, 7) is 0. The molecule has 1 aliphatic heterocycles. The van der Waals surface area contributed by atoms with Crippen molar-refractivity contribution < 1.29 is 24.0 Å². The van der Waals surface area contributed by atoms with Crippen LogP contribution < -0.4 is 4.74 Å². The van der Waals surface area contributed by atoms with Crippen molar-refractivity contribution in [2.75, 3.05) is 0 Å². The first kappa shape index (κ1) is 22.2. The van der Waals surface area contributed by atoms with E-state index in [2.05, 4.69) is 5.10 Å². The Labute approximate surface area is 202 Å². The van der Waals surface area contributed by atoms with Crippen LogP contribution in [0, 0.1) is 33.8 Å². The molecule has 9 nitrogen and oxygen atoms in total. The van der Waals surface area contributed by atoms with Gasteiger partial charge < -0.3 is 4.74 Å². The SMILES string of the molecule is O=C(Oc1ccc([N+](=O)[O-])cc1C=NN1C(=O)C2C3C=CC(C3)C2C1=O)c1ccc(Cl)cc1Cl. The zero-order valence-electron chi connectivity index (χ0n) is 17.3. The molecule has 2 fully saturated rings. The van der Waals surface area contributed by atoms with Crippen LogP contribution in [0.25, 0.3) is 0 Å². The molecular weight excluding hydrogens is 485 g/mol. The third-order valence-electron chi connectivity index (χ3n) is 6.32. The zero-order chi connectivity index (χ0) is 24.1. The number of hydrazone groups is 1. The van der Waals surface area contributed by atoms with Gasteiger partial charge in [-0.15, -0.1) is 0 Å².